The molecule has 0 aliphatic carbocycles. The first-order chi connectivity index (χ1) is 6.42. The minimum atomic E-state index is 0.619. The van der Waals surface area contributed by atoms with Crippen LogP contribution in [0.4, 0.5) is 0 Å². The molecular weight excluding hydrogens is 178 g/mol. The van der Waals surface area contributed by atoms with E-state index in [9.17, 15) is 0 Å². The minimum absolute atomic E-state index is 0.619. The van der Waals surface area contributed by atoms with E-state index >= 15 is 0 Å². The van der Waals surface area contributed by atoms with Crippen molar-refractivity contribution < 1.29 is 0 Å². The number of hydrogen-bond acceptors (Lipinski definition) is 2. The minimum Gasteiger partial charge on any atom is -0.327 e. The van der Waals surface area contributed by atoms with Crippen molar-refractivity contribution in [3.05, 3.63) is 35.4 Å². The quantitative estimate of drug-likeness (QED) is 0.776. The predicted octanol–water partition coefficient (Wildman–Crippen LogP) is 2.31. The van der Waals surface area contributed by atoms with Crippen LogP contribution in [0, 0.1) is 0 Å². The van der Waals surface area contributed by atoms with Gasteiger partial charge in [0.2, 0.25) is 0 Å². The summed E-state index contributed by atoms with van der Waals surface area (Å²) in [4.78, 5) is 1.45. The number of fused-ring (bicyclic) bond motifs is 1. The molecule has 0 amide bonds. The topological polar surface area (TPSA) is 26.0 Å². The highest BCUT2D eigenvalue weighted by atomic mass is 32.2. The molecule has 1 heterocycles. The number of nitrogens with two attached hydrogens (primary N) is 1. The molecule has 0 unspecified atom stereocenters. The van der Waals surface area contributed by atoms with Gasteiger partial charge in [0.1, 0.15) is 0 Å². The molecule has 68 valence electrons. The zero-order chi connectivity index (χ0) is 9.10. The third-order valence-corrected chi connectivity index (χ3v) is 3.37. The maximum atomic E-state index is 5.43. The third kappa shape index (κ3) is 1.79. The number of aryl methyl sites for hydroxylation is 1. The molecule has 1 aliphatic heterocycles. The van der Waals surface area contributed by atoms with Crippen molar-refractivity contribution in [2.24, 2.45) is 5.73 Å². The second kappa shape index (κ2) is 3.99. The number of rotatable bonds is 2. The second-order valence-electron chi connectivity index (χ2n) is 3.07. The van der Waals surface area contributed by atoms with Crippen LogP contribution in [-0.4, -0.2) is 12.3 Å². The number of hydrogen-bond donors (Lipinski definition) is 1. The SMILES string of the molecule is NC/C=C/c1cccc2c1SCC2. The summed E-state index contributed by atoms with van der Waals surface area (Å²) in [7, 11) is 0. The average molecular weight is 191 g/mol. The summed E-state index contributed by atoms with van der Waals surface area (Å²) in [6.45, 7) is 0.619. The van der Waals surface area contributed by atoms with Crippen molar-refractivity contribution in [2.45, 2.75) is 11.3 Å². The van der Waals surface area contributed by atoms with Crippen LogP contribution in [0.3, 0.4) is 0 Å². The first-order valence-electron chi connectivity index (χ1n) is 4.53. The van der Waals surface area contributed by atoms with Gasteiger partial charge in [-0.05, 0) is 17.5 Å². The Morgan fingerprint density at radius 2 is 2.38 bits per heavy atom. The van der Waals surface area contributed by atoms with E-state index in [-0.39, 0.29) is 0 Å². The van der Waals surface area contributed by atoms with Crippen LogP contribution < -0.4 is 5.73 Å². The van der Waals surface area contributed by atoms with Crippen molar-refractivity contribution in [1.29, 1.82) is 0 Å². The summed E-state index contributed by atoms with van der Waals surface area (Å²) in [6.07, 6.45) is 5.34. The van der Waals surface area contributed by atoms with E-state index in [4.69, 9.17) is 5.73 Å². The molecule has 1 aliphatic rings. The maximum absolute atomic E-state index is 5.43. The molecule has 0 bridgehead atoms. The van der Waals surface area contributed by atoms with Gasteiger partial charge in [0.15, 0.2) is 0 Å². The molecule has 0 atom stereocenters. The molecule has 1 nitrogen and oxygen atoms in total. The maximum Gasteiger partial charge on any atom is 0.0177 e. The lowest BCUT2D eigenvalue weighted by molar-refractivity contribution is 1.14. The van der Waals surface area contributed by atoms with Crippen LogP contribution in [0.2, 0.25) is 0 Å². The van der Waals surface area contributed by atoms with Crippen molar-refractivity contribution in [3.63, 3.8) is 0 Å². The zero-order valence-corrected chi connectivity index (χ0v) is 8.31. The zero-order valence-electron chi connectivity index (χ0n) is 7.49. The lowest BCUT2D eigenvalue weighted by Crippen LogP contribution is -1.92. The van der Waals surface area contributed by atoms with E-state index in [1.807, 2.05) is 17.8 Å². The van der Waals surface area contributed by atoms with Crippen LogP contribution in [0.15, 0.2) is 29.2 Å². The molecular formula is C11H13NS. The Morgan fingerprint density at radius 3 is 3.23 bits per heavy atom. The highest BCUT2D eigenvalue weighted by molar-refractivity contribution is 7.99. The molecule has 2 N–H and O–H groups in total. The third-order valence-electron chi connectivity index (χ3n) is 2.18. The molecule has 1 aromatic carbocycles. The molecule has 2 rings (SSSR count). The fourth-order valence-electron chi connectivity index (χ4n) is 1.57. The summed E-state index contributed by atoms with van der Waals surface area (Å²) in [5.74, 6) is 1.23. The highest BCUT2D eigenvalue weighted by Crippen LogP contribution is 2.34. The molecule has 0 fully saturated rings. The summed E-state index contributed by atoms with van der Waals surface area (Å²) < 4.78 is 0. The molecule has 0 spiro atoms. The molecule has 0 aromatic heterocycles. The summed E-state index contributed by atoms with van der Waals surface area (Å²) >= 11 is 1.95. The molecule has 2 heteroatoms. The normalized spacial score (nSPS) is 15.2. The second-order valence-corrected chi connectivity index (χ2v) is 4.18. The standard InChI is InChI=1S/C11H13NS/c12-7-2-5-9-3-1-4-10-6-8-13-11(9)10/h1-5H,6-8,12H2/b5-2+. The van der Waals surface area contributed by atoms with Gasteiger partial charge in [-0.25, -0.2) is 0 Å². The van der Waals surface area contributed by atoms with Crippen molar-refractivity contribution in [3.8, 4) is 0 Å². The van der Waals surface area contributed by atoms with E-state index in [1.165, 1.54) is 28.2 Å². The van der Waals surface area contributed by atoms with Gasteiger partial charge in [-0.3, -0.25) is 0 Å². The summed E-state index contributed by atoms with van der Waals surface area (Å²) in [5, 5.41) is 0. The van der Waals surface area contributed by atoms with Crippen molar-refractivity contribution in [1.82, 2.24) is 0 Å². The molecule has 1 aromatic rings. The Balaban J connectivity index is 2.36. The highest BCUT2D eigenvalue weighted by Gasteiger charge is 2.12. The van der Waals surface area contributed by atoms with Gasteiger partial charge >= 0.3 is 0 Å². The van der Waals surface area contributed by atoms with E-state index < -0.39 is 0 Å². The molecule has 0 saturated heterocycles. The number of thioether (sulfide) groups is 1. The van der Waals surface area contributed by atoms with Crippen LogP contribution in [0.5, 0.6) is 0 Å². The Morgan fingerprint density at radius 1 is 1.46 bits per heavy atom. The van der Waals surface area contributed by atoms with Crippen molar-refractivity contribution in [2.75, 3.05) is 12.3 Å². The van der Waals surface area contributed by atoms with Gasteiger partial charge in [-0.15, -0.1) is 11.8 Å². The van der Waals surface area contributed by atoms with Gasteiger partial charge < -0.3 is 5.73 Å². The van der Waals surface area contributed by atoms with E-state index in [0.29, 0.717) is 6.54 Å². The Bertz CT molecular complexity index is 331. The van der Waals surface area contributed by atoms with Crippen LogP contribution in [0.25, 0.3) is 6.08 Å². The van der Waals surface area contributed by atoms with Gasteiger partial charge in [0.05, 0.1) is 0 Å². The molecule has 13 heavy (non-hydrogen) atoms. The lowest BCUT2D eigenvalue weighted by Gasteiger charge is -2.01. The average Bonchev–Trinajstić information content (AvgIpc) is 2.62. The smallest absolute Gasteiger partial charge is 0.0177 e. The van der Waals surface area contributed by atoms with Crippen molar-refractivity contribution >= 4 is 17.8 Å². The van der Waals surface area contributed by atoms with E-state index in [1.54, 1.807) is 0 Å². The predicted molar refractivity (Wildman–Crippen MR) is 59.0 cm³/mol. The Kier molecular flexibility index (Phi) is 2.71. The summed E-state index contributed by atoms with van der Waals surface area (Å²) in [5.41, 5.74) is 8.24. The summed E-state index contributed by atoms with van der Waals surface area (Å²) in [6, 6.07) is 6.50. The fraction of sp³-hybridized carbons (Fsp3) is 0.273. The van der Waals surface area contributed by atoms with Gasteiger partial charge in [-0.2, -0.15) is 0 Å². The van der Waals surface area contributed by atoms with Gasteiger partial charge in [-0.1, -0.05) is 30.4 Å². The molecule has 0 saturated carbocycles. The Hall–Kier alpha value is -0.730. The Labute approximate surface area is 83.0 Å². The largest absolute Gasteiger partial charge is 0.327 e. The molecule has 0 radical (unpaired) electrons. The van der Waals surface area contributed by atoms with E-state index in [2.05, 4.69) is 24.3 Å². The first kappa shape index (κ1) is 8.85. The van der Waals surface area contributed by atoms with Crippen LogP contribution in [-0.2, 0) is 6.42 Å². The fourth-order valence-corrected chi connectivity index (χ4v) is 2.75. The van der Waals surface area contributed by atoms with Crippen LogP contribution in [0.1, 0.15) is 11.1 Å². The van der Waals surface area contributed by atoms with E-state index in [0.717, 1.165) is 0 Å². The van der Waals surface area contributed by atoms with Crippen LogP contribution >= 0.6 is 11.8 Å². The first-order valence-corrected chi connectivity index (χ1v) is 5.51. The lowest BCUT2D eigenvalue weighted by atomic mass is 10.1. The van der Waals surface area contributed by atoms with Gasteiger partial charge in [0, 0.05) is 17.2 Å². The number of benzene rings is 1. The monoisotopic (exact) mass is 191 g/mol. The van der Waals surface area contributed by atoms with Gasteiger partial charge in [0.25, 0.3) is 0 Å².